The van der Waals surface area contributed by atoms with Crippen LogP contribution in [0.1, 0.15) is 32.7 Å². The van der Waals surface area contributed by atoms with Crippen molar-refractivity contribution in [1.29, 1.82) is 0 Å². The molecule has 1 N–H and O–H groups in total. The summed E-state index contributed by atoms with van der Waals surface area (Å²) in [5, 5.41) is 0. The van der Waals surface area contributed by atoms with Gasteiger partial charge in [0.2, 0.25) is 5.43 Å². The normalized spacial score (nSPS) is 14.1. The highest BCUT2D eigenvalue weighted by Crippen LogP contribution is 2.37. The molecule has 7 nitrogen and oxygen atoms in total. The van der Waals surface area contributed by atoms with Crippen molar-refractivity contribution in [3.63, 3.8) is 0 Å². The minimum Gasteiger partial charge on any atom is -0.489 e. The van der Waals surface area contributed by atoms with Gasteiger partial charge in [-0.25, -0.2) is 0 Å². The highest BCUT2D eigenvalue weighted by Gasteiger charge is 2.28. The Bertz CT molecular complexity index is 1620. The van der Waals surface area contributed by atoms with Gasteiger partial charge in [-0.15, -0.1) is 11.8 Å². The molecule has 0 saturated carbocycles. The zero-order valence-corrected chi connectivity index (χ0v) is 22.7. The molecule has 0 bridgehead atoms. The molecule has 202 valence electrons. The predicted molar refractivity (Wildman–Crippen MR) is 157 cm³/mol. The van der Waals surface area contributed by atoms with Gasteiger partial charge in [0.25, 0.3) is 5.91 Å². The Hall–Kier alpha value is -4.43. The third-order valence-electron chi connectivity index (χ3n) is 6.98. The zero-order chi connectivity index (χ0) is 27.3. The van der Waals surface area contributed by atoms with E-state index in [1.165, 1.54) is 27.7 Å². The molecule has 1 aromatic heterocycles. The molecule has 40 heavy (non-hydrogen) atoms. The first-order chi connectivity index (χ1) is 19.7. The number of hydrogen-bond acceptors (Lipinski definition) is 6. The summed E-state index contributed by atoms with van der Waals surface area (Å²) >= 11 is 1.86. The SMILES string of the molecule is O=C1c2c(OCc3ccccc3)c(=O)ccn2NCN1C/C=C/COc1cccc2c1Cc1ccccc1SC2. The Balaban J connectivity index is 1.10. The van der Waals surface area contributed by atoms with Crippen molar-refractivity contribution in [3.8, 4) is 11.5 Å². The van der Waals surface area contributed by atoms with Gasteiger partial charge in [-0.2, -0.15) is 0 Å². The van der Waals surface area contributed by atoms with E-state index < -0.39 is 0 Å². The largest absolute Gasteiger partial charge is 0.489 e. The number of rotatable bonds is 8. The van der Waals surface area contributed by atoms with E-state index in [2.05, 4.69) is 35.8 Å². The average Bonchev–Trinajstić information content (AvgIpc) is 3.18. The number of nitrogens with one attached hydrogen (secondary N) is 1. The van der Waals surface area contributed by atoms with Crippen molar-refractivity contribution in [2.24, 2.45) is 0 Å². The molecule has 6 rings (SSSR count). The maximum Gasteiger partial charge on any atom is 0.278 e. The zero-order valence-electron chi connectivity index (χ0n) is 21.9. The Morgan fingerprint density at radius 1 is 0.875 bits per heavy atom. The summed E-state index contributed by atoms with van der Waals surface area (Å²) in [4.78, 5) is 28.9. The number of thioether (sulfide) groups is 1. The summed E-state index contributed by atoms with van der Waals surface area (Å²) in [6.45, 7) is 1.27. The number of fused-ring (bicyclic) bond motifs is 3. The molecule has 0 spiro atoms. The minimum absolute atomic E-state index is 0.0466. The Kier molecular flexibility index (Phi) is 7.59. The molecule has 4 aromatic rings. The van der Waals surface area contributed by atoms with Crippen LogP contribution in [-0.4, -0.2) is 35.3 Å². The Morgan fingerprint density at radius 2 is 1.70 bits per heavy atom. The first kappa shape index (κ1) is 25.8. The molecule has 0 fully saturated rings. The van der Waals surface area contributed by atoms with Crippen molar-refractivity contribution in [3.05, 3.63) is 135 Å². The fourth-order valence-electron chi connectivity index (χ4n) is 4.88. The molecular formula is C32H29N3O4S. The van der Waals surface area contributed by atoms with Gasteiger partial charge in [0, 0.05) is 41.4 Å². The van der Waals surface area contributed by atoms with E-state index >= 15 is 0 Å². The van der Waals surface area contributed by atoms with Crippen LogP contribution in [0.4, 0.5) is 0 Å². The van der Waals surface area contributed by atoms with Crippen LogP contribution in [0.2, 0.25) is 0 Å². The van der Waals surface area contributed by atoms with Crippen molar-refractivity contribution in [2.45, 2.75) is 23.7 Å². The van der Waals surface area contributed by atoms with Crippen LogP contribution < -0.4 is 20.3 Å². The second-order valence-electron chi connectivity index (χ2n) is 9.60. The molecule has 3 aromatic carbocycles. The van der Waals surface area contributed by atoms with E-state index in [0.717, 1.165) is 23.5 Å². The summed E-state index contributed by atoms with van der Waals surface area (Å²) in [7, 11) is 0. The highest BCUT2D eigenvalue weighted by atomic mass is 32.2. The number of hydrogen-bond donors (Lipinski definition) is 1. The van der Waals surface area contributed by atoms with Gasteiger partial charge >= 0.3 is 0 Å². The molecule has 2 aliphatic rings. The van der Waals surface area contributed by atoms with Crippen molar-refractivity contribution in [2.75, 3.05) is 25.2 Å². The number of pyridine rings is 1. The van der Waals surface area contributed by atoms with Crippen LogP contribution in [0.25, 0.3) is 0 Å². The first-order valence-corrected chi connectivity index (χ1v) is 14.2. The van der Waals surface area contributed by atoms with Crippen LogP contribution in [0.5, 0.6) is 11.5 Å². The van der Waals surface area contributed by atoms with E-state index in [0.29, 0.717) is 19.8 Å². The summed E-state index contributed by atoms with van der Waals surface area (Å²) in [6, 6.07) is 25.7. The summed E-state index contributed by atoms with van der Waals surface area (Å²) in [5.74, 6) is 1.59. The Morgan fingerprint density at radius 3 is 2.60 bits per heavy atom. The topological polar surface area (TPSA) is 72.8 Å². The van der Waals surface area contributed by atoms with Gasteiger partial charge in [-0.3, -0.25) is 14.3 Å². The van der Waals surface area contributed by atoms with E-state index in [4.69, 9.17) is 9.47 Å². The fourth-order valence-corrected chi connectivity index (χ4v) is 5.96. The van der Waals surface area contributed by atoms with Gasteiger partial charge in [-0.1, -0.05) is 66.7 Å². The third-order valence-corrected chi connectivity index (χ3v) is 8.15. The van der Waals surface area contributed by atoms with Gasteiger partial charge in [-0.05, 0) is 34.9 Å². The lowest BCUT2D eigenvalue weighted by molar-refractivity contribution is 0.0738. The highest BCUT2D eigenvalue weighted by molar-refractivity contribution is 7.98. The molecule has 0 radical (unpaired) electrons. The van der Waals surface area contributed by atoms with Crippen molar-refractivity contribution >= 4 is 17.7 Å². The molecule has 0 atom stereocenters. The molecule has 3 heterocycles. The fraction of sp³-hybridized carbons (Fsp3) is 0.188. The number of nitrogens with zero attached hydrogens (tertiary/aromatic N) is 2. The second kappa shape index (κ2) is 11.8. The van der Waals surface area contributed by atoms with E-state index in [-0.39, 0.29) is 29.4 Å². The monoisotopic (exact) mass is 551 g/mol. The predicted octanol–water partition coefficient (Wildman–Crippen LogP) is 5.22. The molecule has 2 aliphatic heterocycles. The van der Waals surface area contributed by atoms with Crippen molar-refractivity contribution in [1.82, 2.24) is 9.58 Å². The van der Waals surface area contributed by atoms with E-state index in [1.54, 1.807) is 15.8 Å². The van der Waals surface area contributed by atoms with Gasteiger partial charge in [0.05, 0.1) is 0 Å². The van der Waals surface area contributed by atoms with Crippen LogP contribution in [0, 0.1) is 0 Å². The van der Waals surface area contributed by atoms with Crippen LogP contribution in [-0.2, 0) is 18.8 Å². The van der Waals surface area contributed by atoms with Crippen LogP contribution in [0.15, 0.2) is 107 Å². The smallest absolute Gasteiger partial charge is 0.278 e. The second-order valence-corrected chi connectivity index (χ2v) is 10.6. The molecule has 0 aliphatic carbocycles. The molecular weight excluding hydrogens is 522 g/mol. The summed E-state index contributed by atoms with van der Waals surface area (Å²) < 4.78 is 13.6. The maximum atomic E-state index is 13.4. The standard InChI is InChI=1S/C32H29N3O4S/c36-27-15-17-35-30(31(27)39-20-23-9-2-1-3-10-23)32(37)34(22-33-35)16-6-7-18-38-28-13-8-12-25-21-40-29-14-5-4-11-24(29)19-26(25)28/h1-15,17,33H,16,18-22H2/b7-6+. The lowest BCUT2D eigenvalue weighted by Gasteiger charge is -2.31. The quantitative estimate of drug-likeness (QED) is 0.303. The third kappa shape index (κ3) is 5.49. The Labute approximate surface area is 237 Å². The number of carbonyl (C=O) groups excluding carboxylic acids is 1. The molecule has 0 unspecified atom stereocenters. The number of carbonyl (C=O) groups is 1. The van der Waals surface area contributed by atoms with Crippen molar-refractivity contribution < 1.29 is 14.3 Å². The summed E-state index contributed by atoms with van der Waals surface area (Å²) in [5.41, 5.74) is 7.79. The number of ether oxygens (including phenoxy) is 2. The lowest BCUT2D eigenvalue weighted by Crippen LogP contribution is -2.46. The van der Waals surface area contributed by atoms with E-state index in [9.17, 15) is 9.59 Å². The van der Waals surface area contributed by atoms with Gasteiger partial charge < -0.3 is 19.8 Å². The summed E-state index contributed by atoms with van der Waals surface area (Å²) in [6.07, 6.45) is 6.24. The minimum atomic E-state index is -0.328. The number of benzene rings is 3. The van der Waals surface area contributed by atoms with Crippen LogP contribution >= 0.6 is 11.8 Å². The van der Waals surface area contributed by atoms with Crippen LogP contribution in [0.3, 0.4) is 0 Å². The number of amides is 1. The average molecular weight is 552 g/mol. The molecule has 1 amide bonds. The number of aromatic nitrogens is 1. The van der Waals surface area contributed by atoms with E-state index in [1.807, 2.05) is 66.4 Å². The molecule has 0 saturated heterocycles. The maximum absolute atomic E-state index is 13.4. The van der Waals surface area contributed by atoms with Gasteiger partial charge in [0.15, 0.2) is 11.4 Å². The van der Waals surface area contributed by atoms with Gasteiger partial charge in [0.1, 0.15) is 25.6 Å². The lowest BCUT2D eigenvalue weighted by atomic mass is 9.99. The molecule has 8 heteroatoms. The first-order valence-electron chi connectivity index (χ1n) is 13.2.